The van der Waals surface area contributed by atoms with Crippen LogP contribution in [0.3, 0.4) is 0 Å². The van der Waals surface area contributed by atoms with Crippen LogP contribution in [0.5, 0.6) is 0 Å². The Morgan fingerprint density at radius 1 is 1.47 bits per heavy atom. The zero-order chi connectivity index (χ0) is 12.7. The maximum Gasteiger partial charge on any atom is 0.192 e. The number of aromatic nitrogens is 2. The third-order valence-electron chi connectivity index (χ3n) is 2.30. The molecular formula is C10H17N5O2. The molecule has 0 amide bonds. The van der Waals surface area contributed by atoms with E-state index in [1.165, 1.54) is 6.20 Å². The topological polar surface area (TPSA) is 108 Å². The minimum absolute atomic E-state index is 0.0736. The highest BCUT2D eigenvalue weighted by molar-refractivity contribution is 5.99. The van der Waals surface area contributed by atoms with E-state index in [1.807, 2.05) is 11.8 Å². The number of aliphatic hydroxyl groups excluding tert-OH is 1. The molecule has 0 fully saturated rings. The molecule has 1 aromatic heterocycles. The SMILES string of the molecule is CCN(CCCO)c1nccnc1C(N)=NO. The second-order valence-corrected chi connectivity index (χ2v) is 3.37. The first-order valence-corrected chi connectivity index (χ1v) is 5.39. The zero-order valence-electron chi connectivity index (χ0n) is 9.74. The molecule has 94 valence electrons. The van der Waals surface area contributed by atoms with Gasteiger partial charge in [-0.3, -0.25) is 0 Å². The number of oxime groups is 1. The second-order valence-electron chi connectivity index (χ2n) is 3.37. The van der Waals surface area contributed by atoms with Crippen LogP contribution < -0.4 is 10.6 Å². The normalized spacial score (nSPS) is 11.5. The van der Waals surface area contributed by atoms with Gasteiger partial charge in [-0.25, -0.2) is 9.97 Å². The van der Waals surface area contributed by atoms with Gasteiger partial charge in [0.25, 0.3) is 0 Å². The summed E-state index contributed by atoms with van der Waals surface area (Å²) in [5, 5.41) is 20.4. The quantitative estimate of drug-likeness (QED) is 0.274. The van der Waals surface area contributed by atoms with Gasteiger partial charge in [0.2, 0.25) is 0 Å². The fraction of sp³-hybridized carbons (Fsp3) is 0.500. The highest BCUT2D eigenvalue weighted by atomic mass is 16.4. The first-order valence-electron chi connectivity index (χ1n) is 5.39. The van der Waals surface area contributed by atoms with Crippen LogP contribution in [0, 0.1) is 0 Å². The summed E-state index contributed by atoms with van der Waals surface area (Å²) in [6.45, 7) is 3.40. The average molecular weight is 239 g/mol. The molecule has 0 aliphatic heterocycles. The summed E-state index contributed by atoms with van der Waals surface area (Å²) in [5.74, 6) is 0.481. The Morgan fingerprint density at radius 2 is 2.18 bits per heavy atom. The molecule has 1 rings (SSSR count). The number of aliphatic hydroxyl groups is 1. The lowest BCUT2D eigenvalue weighted by atomic mass is 10.3. The Labute approximate surface area is 99.6 Å². The lowest BCUT2D eigenvalue weighted by Gasteiger charge is -2.22. The molecular weight excluding hydrogens is 222 g/mol. The molecule has 0 spiro atoms. The van der Waals surface area contributed by atoms with Crippen molar-refractivity contribution in [2.24, 2.45) is 10.9 Å². The Morgan fingerprint density at radius 3 is 2.76 bits per heavy atom. The molecule has 7 nitrogen and oxygen atoms in total. The summed E-state index contributed by atoms with van der Waals surface area (Å²) in [5.41, 5.74) is 5.88. The second kappa shape index (κ2) is 6.64. The predicted molar refractivity (Wildman–Crippen MR) is 64.1 cm³/mol. The van der Waals surface area contributed by atoms with Crippen molar-refractivity contribution >= 4 is 11.7 Å². The van der Waals surface area contributed by atoms with E-state index in [2.05, 4.69) is 15.1 Å². The summed E-state index contributed by atoms with van der Waals surface area (Å²) in [4.78, 5) is 10.1. The Kier molecular flexibility index (Phi) is 5.15. The van der Waals surface area contributed by atoms with E-state index in [4.69, 9.17) is 16.0 Å². The molecule has 17 heavy (non-hydrogen) atoms. The Hall–Kier alpha value is -1.89. The summed E-state index contributed by atoms with van der Waals surface area (Å²) in [6.07, 6.45) is 3.65. The average Bonchev–Trinajstić information content (AvgIpc) is 2.39. The van der Waals surface area contributed by atoms with Gasteiger partial charge in [-0.15, -0.1) is 0 Å². The van der Waals surface area contributed by atoms with Crippen LogP contribution in [0.2, 0.25) is 0 Å². The van der Waals surface area contributed by atoms with Crippen molar-refractivity contribution in [1.29, 1.82) is 0 Å². The van der Waals surface area contributed by atoms with E-state index in [1.54, 1.807) is 6.20 Å². The molecule has 0 unspecified atom stereocenters. The van der Waals surface area contributed by atoms with E-state index in [-0.39, 0.29) is 12.4 Å². The molecule has 4 N–H and O–H groups in total. The van der Waals surface area contributed by atoms with Crippen LogP contribution in [0.4, 0.5) is 5.82 Å². The monoisotopic (exact) mass is 239 g/mol. The van der Waals surface area contributed by atoms with Gasteiger partial charge in [-0.2, -0.15) is 0 Å². The number of nitrogens with zero attached hydrogens (tertiary/aromatic N) is 4. The Balaban J connectivity index is 3.01. The third kappa shape index (κ3) is 3.28. The van der Waals surface area contributed by atoms with E-state index < -0.39 is 0 Å². The molecule has 1 heterocycles. The maximum atomic E-state index is 8.83. The van der Waals surface area contributed by atoms with Gasteiger partial charge >= 0.3 is 0 Å². The smallest absolute Gasteiger partial charge is 0.192 e. The number of hydrogen-bond acceptors (Lipinski definition) is 6. The molecule has 0 atom stereocenters. The van der Waals surface area contributed by atoms with Crippen LogP contribution in [0.15, 0.2) is 17.5 Å². The summed E-state index contributed by atoms with van der Waals surface area (Å²) >= 11 is 0. The van der Waals surface area contributed by atoms with Gasteiger partial charge in [-0.05, 0) is 13.3 Å². The highest BCUT2D eigenvalue weighted by Crippen LogP contribution is 2.14. The first-order chi connectivity index (χ1) is 8.24. The number of rotatable bonds is 6. The van der Waals surface area contributed by atoms with E-state index in [9.17, 15) is 0 Å². The van der Waals surface area contributed by atoms with Crippen LogP contribution >= 0.6 is 0 Å². The first kappa shape index (κ1) is 13.2. The van der Waals surface area contributed by atoms with Gasteiger partial charge in [0.05, 0.1) is 0 Å². The lowest BCUT2D eigenvalue weighted by molar-refractivity contribution is 0.289. The van der Waals surface area contributed by atoms with Crippen LogP contribution in [0.1, 0.15) is 19.0 Å². The van der Waals surface area contributed by atoms with Crippen molar-refractivity contribution < 1.29 is 10.3 Å². The summed E-state index contributed by atoms with van der Waals surface area (Å²) < 4.78 is 0. The van der Waals surface area contributed by atoms with Gasteiger partial charge in [0.15, 0.2) is 17.3 Å². The van der Waals surface area contributed by atoms with Crippen molar-refractivity contribution in [3.63, 3.8) is 0 Å². The predicted octanol–water partition coefficient (Wildman–Crippen LogP) is -0.220. The maximum absolute atomic E-state index is 8.83. The lowest BCUT2D eigenvalue weighted by Crippen LogP contribution is -2.29. The van der Waals surface area contributed by atoms with E-state index in [0.29, 0.717) is 31.0 Å². The fourth-order valence-electron chi connectivity index (χ4n) is 1.47. The number of nitrogens with two attached hydrogens (primary N) is 1. The fourth-order valence-corrected chi connectivity index (χ4v) is 1.47. The molecule has 0 aliphatic carbocycles. The van der Waals surface area contributed by atoms with Gasteiger partial charge < -0.3 is 20.9 Å². The van der Waals surface area contributed by atoms with Crippen LogP contribution in [-0.2, 0) is 0 Å². The van der Waals surface area contributed by atoms with Crippen molar-refractivity contribution in [2.45, 2.75) is 13.3 Å². The molecule has 7 heteroatoms. The van der Waals surface area contributed by atoms with Crippen molar-refractivity contribution in [3.05, 3.63) is 18.1 Å². The van der Waals surface area contributed by atoms with Gasteiger partial charge in [-0.1, -0.05) is 5.16 Å². The third-order valence-corrected chi connectivity index (χ3v) is 2.30. The molecule has 0 saturated heterocycles. The van der Waals surface area contributed by atoms with Crippen LogP contribution in [0.25, 0.3) is 0 Å². The standard InChI is InChI=1S/C10H17N5O2/c1-2-15(6-3-7-16)10-8(9(11)14-17)12-4-5-13-10/h4-5,16-17H,2-3,6-7H2,1H3,(H2,11,14). The van der Waals surface area contributed by atoms with Crippen molar-refractivity contribution in [3.8, 4) is 0 Å². The van der Waals surface area contributed by atoms with Crippen molar-refractivity contribution in [1.82, 2.24) is 9.97 Å². The molecule has 0 aliphatic rings. The van der Waals surface area contributed by atoms with Gasteiger partial charge in [0.1, 0.15) is 0 Å². The molecule has 0 saturated carbocycles. The highest BCUT2D eigenvalue weighted by Gasteiger charge is 2.15. The van der Waals surface area contributed by atoms with Crippen LogP contribution in [-0.4, -0.2) is 45.8 Å². The Bertz CT molecular complexity index is 383. The number of anilines is 1. The van der Waals surface area contributed by atoms with Crippen molar-refractivity contribution in [2.75, 3.05) is 24.6 Å². The molecule has 1 aromatic rings. The molecule has 0 radical (unpaired) electrons. The molecule has 0 aromatic carbocycles. The minimum Gasteiger partial charge on any atom is -0.409 e. The summed E-state index contributed by atoms with van der Waals surface area (Å²) in [7, 11) is 0. The minimum atomic E-state index is -0.0736. The number of hydrogen-bond donors (Lipinski definition) is 3. The zero-order valence-corrected chi connectivity index (χ0v) is 9.74. The largest absolute Gasteiger partial charge is 0.409 e. The summed E-state index contributed by atoms with van der Waals surface area (Å²) in [6, 6.07) is 0. The van der Waals surface area contributed by atoms with Gasteiger partial charge in [0, 0.05) is 32.1 Å². The van der Waals surface area contributed by atoms with E-state index in [0.717, 1.165) is 0 Å². The number of amidine groups is 1. The molecule has 0 bridgehead atoms. The van der Waals surface area contributed by atoms with E-state index >= 15 is 0 Å².